The summed E-state index contributed by atoms with van der Waals surface area (Å²) in [6.45, 7) is 0. The van der Waals surface area contributed by atoms with E-state index in [-0.39, 0.29) is 0 Å². The molecule has 0 aliphatic rings. The highest BCUT2D eigenvalue weighted by Crippen LogP contribution is 2.31. The van der Waals surface area contributed by atoms with Crippen LogP contribution in [0, 0.1) is 0 Å². The maximum Gasteiger partial charge on any atom is 0.162 e. The van der Waals surface area contributed by atoms with E-state index in [2.05, 4.69) is 31.7 Å². The van der Waals surface area contributed by atoms with Gasteiger partial charge in [-0.3, -0.25) is 4.98 Å². The van der Waals surface area contributed by atoms with Crippen LogP contribution >= 0.6 is 23.2 Å². The maximum absolute atomic E-state index is 6.00. The molecule has 130 valence electrons. The van der Waals surface area contributed by atoms with Crippen LogP contribution in [-0.4, -0.2) is 19.5 Å². The SMILES string of the molecule is Clc1cc(Cl)nc(-c2ccc(-n3c4ccccc4c4cnccc43)cc2)n1. The first kappa shape index (κ1) is 16.2. The summed E-state index contributed by atoms with van der Waals surface area (Å²) in [5.41, 5.74) is 4.14. The molecule has 0 radical (unpaired) electrons. The van der Waals surface area contributed by atoms with Gasteiger partial charge in [-0.1, -0.05) is 41.4 Å². The molecule has 0 aliphatic heterocycles. The fourth-order valence-electron chi connectivity index (χ4n) is 3.37. The second-order valence-corrected chi connectivity index (χ2v) is 6.90. The molecule has 5 aromatic rings. The van der Waals surface area contributed by atoms with Crippen molar-refractivity contribution in [2.24, 2.45) is 0 Å². The Bertz CT molecular complexity index is 1220. The Morgan fingerprint density at radius 2 is 1.44 bits per heavy atom. The van der Waals surface area contributed by atoms with Crippen molar-refractivity contribution in [1.82, 2.24) is 19.5 Å². The average Bonchev–Trinajstić information content (AvgIpc) is 3.02. The highest BCUT2D eigenvalue weighted by Gasteiger charge is 2.12. The lowest BCUT2D eigenvalue weighted by atomic mass is 10.2. The Morgan fingerprint density at radius 3 is 2.22 bits per heavy atom. The van der Waals surface area contributed by atoms with E-state index >= 15 is 0 Å². The van der Waals surface area contributed by atoms with Crippen LogP contribution in [0.15, 0.2) is 73.1 Å². The van der Waals surface area contributed by atoms with Gasteiger partial charge < -0.3 is 4.57 Å². The van der Waals surface area contributed by atoms with E-state index < -0.39 is 0 Å². The first-order valence-electron chi connectivity index (χ1n) is 8.35. The number of nitrogens with zero attached hydrogens (tertiary/aromatic N) is 4. The predicted octanol–water partition coefficient (Wildman–Crippen LogP) is 5.94. The van der Waals surface area contributed by atoms with Gasteiger partial charge >= 0.3 is 0 Å². The van der Waals surface area contributed by atoms with Gasteiger partial charge in [0.1, 0.15) is 10.3 Å². The zero-order valence-corrected chi connectivity index (χ0v) is 15.5. The van der Waals surface area contributed by atoms with Gasteiger partial charge in [0.25, 0.3) is 0 Å². The molecule has 0 N–H and O–H groups in total. The third kappa shape index (κ3) is 2.74. The number of hydrogen-bond acceptors (Lipinski definition) is 3. The van der Waals surface area contributed by atoms with E-state index in [0.29, 0.717) is 16.1 Å². The quantitative estimate of drug-likeness (QED) is 0.350. The van der Waals surface area contributed by atoms with Crippen molar-refractivity contribution in [2.45, 2.75) is 0 Å². The van der Waals surface area contributed by atoms with Crippen molar-refractivity contribution in [1.29, 1.82) is 0 Å². The minimum Gasteiger partial charge on any atom is -0.309 e. The second-order valence-electron chi connectivity index (χ2n) is 6.13. The van der Waals surface area contributed by atoms with Gasteiger partial charge in [-0.25, -0.2) is 9.97 Å². The van der Waals surface area contributed by atoms with E-state index in [9.17, 15) is 0 Å². The highest BCUT2D eigenvalue weighted by atomic mass is 35.5. The van der Waals surface area contributed by atoms with Crippen molar-refractivity contribution < 1.29 is 0 Å². The molecule has 27 heavy (non-hydrogen) atoms. The third-order valence-corrected chi connectivity index (χ3v) is 4.91. The summed E-state index contributed by atoms with van der Waals surface area (Å²) in [6, 6.07) is 19.9. The lowest BCUT2D eigenvalue weighted by Crippen LogP contribution is -1.95. The van der Waals surface area contributed by atoms with E-state index in [4.69, 9.17) is 23.2 Å². The van der Waals surface area contributed by atoms with Crippen LogP contribution in [0.4, 0.5) is 0 Å². The Morgan fingerprint density at radius 1 is 0.741 bits per heavy atom. The molecule has 5 rings (SSSR count). The smallest absolute Gasteiger partial charge is 0.162 e. The Hall–Kier alpha value is -2.95. The lowest BCUT2D eigenvalue weighted by molar-refractivity contribution is 1.16. The van der Waals surface area contributed by atoms with Crippen molar-refractivity contribution >= 4 is 45.0 Å². The number of benzene rings is 2. The number of pyridine rings is 1. The van der Waals surface area contributed by atoms with Crippen molar-refractivity contribution in [2.75, 3.05) is 0 Å². The van der Waals surface area contributed by atoms with Gasteiger partial charge in [0.05, 0.1) is 11.0 Å². The molecule has 4 nitrogen and oxygen atoms in total. The summed E-state index contributed by atoms with van der Waals surface area (Å²) in [5, 5.41) is 2.95. The fourth-order valence-corrected chi connectivity index (χ4v) is 3.80. The van der Waals surface area contributed by atoms with Gasteiger partial charge in [-0.05, 0) is 36.4 Å². The summed E-state index contributed by atoms with van der Waals surface area (Å²) in [4.78, 5) is 12.8. The number of hydrogen-bond donors (Lipinski definition) is 0. The normalized spacial score (nSPS) is 11.3. The highest BCUT2D eigenvalue weighted by molar-refractivity contribution is 6.33. The number of rotatable bonds is 2. The van der Waals surface area contributed by atoms with E-state index in [1.807, 2.05) is 54.9 Å². The molecule has 0 bridgehead atoms. The summed E-state index contributed by atoms with van der Waals surface area (Å²) in [5.74, 6) is 0.505. The molecule has 0 unspecified atom stereocenters. The Balaban J connectivity index is 1.69. The molecule has 3 heterocycles. The van der Waals surface area contributed by atoms with Crippen LogP contribution < -0.4 is 0 Å². The van der Waals surface area contributed by atoms with Crippen molar-refractivity contribution in [3.8, 4) is 17.1 Å². The standard InChI is InChI=1S/C21H12Cl2N4/c22-19-11-20(23)26-21(25-19)13-5-7-14(8-6-13)27-17-4-2-1-3-15(17)16-12-24-10-9-18(16)27/h1-12H. The van der Waals surface area contributed by atoms with Crippen LogP contribution in [0.3, 0.4) is 0 Å². The topological polar surface area (TPSA) is 43.6 Å². The molecule has 0 aliphatic carbocycles. The fraction of sp³-hybridized carbons (Fsp3) is 0. The van der Waals surface area contributed by atoms with Crippen LogP contribution in [0.25, 0.3) is 38.9 Å². The second kappa shape index (κ2) is 6.34. The average molecular weight is 391 g/mol. The molecule has 0 saturated heterocycles. The van der Waals surface area contributed by atoms with Gasteiger partial charge in [-0.2, -0.15) is 0 Å². The van der Waals surface area contributed by atoms with Crippen molar-refractivity contribution in [3.05, 3.63) is 83.4 Å². The van der Waals surface area contributed by atoms with E-state index in [1.165, 1.54) is 11.5 Å². The molecule has 3 aromatic heterocycles. The first-order valence-corrected chi connectivity index (χ1v) is 9.10. The molecule has 0 saturated carbocycles. The molecule has 6 heteroatoms. The maximum atomic E-state index is 6.00. The van der Waals surface area contributed by atoms with Gasteiger partial charge in [-0.15, -0.1) is 0 Å². The lowest BCUT2D eigenvalue weighted by Gasteiger charge is -2.09. The van der Waals surface area contributed by atoms with Gasteiger partial charge in [0.15, 0.2) is 5.82 Å². The largest absolute Gasteiger partial charge is 0.309 e. The van der Waals surface area contributed by atoms with Crippen LogP contribution in [0.5, 0.6) is 0 Å². The monoisotopic (exact) mass is 390 g/mol. The van der Waals surface area contributed by atoms with Crippen molar-refractivity contribution in [3.63, 3.8) is 0 Å². The molecule has 0 fully saturated rings. The predicted molar refractivity (Wildman–Crippen MR) is 110 cm³/mol. The van der Waals surface area contributed by atoms with Gasteiger partial charge in [0, 0.05) is 40.5 Å². The number of aromatic nitrogens is 4. The minimum atomic E-state index is 0.323. The zero-order chi connectivity index (χ0) is 18.4. The van der Waals surface area contributed by atoms with Crippen LogP contribution in [0.1, 0.15) is 0 Å². The zero-order valence-electron chi connectivity index (χ0n) is 14.0. The van der Waals surface area contributed by atoms with E-state index in [1.54, 1.807) is 0 Å². The molecule has 0 atom stereocenters. The van der Waals surface area contributed by atoms with Crippen LogP contribution in [-0.2, 0) is 0 Å². The summed E-state index contributed by atoms with van der Waals surface area (Å²) in [7, 11) is 0. The summed E-state index contributed by atoms with van der Waals surface area (Å²) in [6.07, 6.45) is 3.72. The third-order valence-electron chi connectivity index (χ3n) is 4.52. The number of para-hydroxylation sites is 1. The molecular weight excluding hydrogens is 379 g/mol. The summed E-state index contributed by atoms with van der Waals surface area (Å²) >= 11 is 12.0. The minimum absolute atomic E-state index is 0.323. The molecule has 2 aromatic carbocycles. The number of fused-ring (bicyclic) bond motifs is 3. The molecule has 0 spiro atoms. The number of halogens is 2. The first-order chi connectivity index (χ1) is 13.2. The molecule has 0 amide bonds. The van der Waals surface area contributed by atoms with Crippen LogP contribution in [0.2, 0.25) is 10.3 Å². The Labute approximate surface area is 165 Å². The van der Waals surface area contributed by atoms with Gasteiger partial charge in [0.2, 0.25) is 0 Å². The summed E-state index contributed by atoms with van der Waals surface area (Å²) < 4.78 is 2.22. The Kier molecular flexibility index (Phi) is 3.81. The molecular formula is C21H12Cl2N4. The van der Waals surface area contributed by atoms with E-state index in [0.717, 1.165) is 27.7 Å².